The molecule has 1 aliphatic rings. The number of benzene rings is 3. The first-order chi connectivity index (χ1) is 16.0. The van der Waals surface area contributed by atoms with Crippen LogP contribution in [0.25, 0.3) is 22.3 Å². The second-order valence-electron chi connectivity index (χ2n) is 8.82. The summed E-state index contributed by atoms with van der Waals surface area (Å²) < 4.78 is 47.7. The van der Waals surface area contributed by atoms with Gasteiger partial charge in [-0.25, -0.2) is 0 Å². The molecule has 1 nitrogen and oxygen atoms in total. The van der Waals surface area contributed by atoms with Crippen molar-refractivity contribution in [1.29, 1.82) is 0 Å². The Kier molecular flexibility index (Phi) is 7.42. The molecule has 0 atom stereocenters. The van der Waals surface area contributed by atoms with Gasteiger partial charge < -0.3 is 4.74 Å². The van der Waals surface area contributed by atoms with Crippen LogP contribution in [-0.4, -0.2) is 6.61 Å². The molecule has 0 bridgehead atoms. The maximum absolute atomic E-state index is 13.8. The average Bonchev–Trinajstić information content (AvgIpc) is 3.19. The van der Waals surface area contributed by atoms with Gasteiger partial charge in [-0.1, -0.05) is 94.0 Å². The second kappa shape index (κ2) is 10.5. The summed E-state index contributed by atoms with van der Waals surface area (Å²) >= 11 is 0. The maximum Gasteiger partial charge on any atom is 0.417 e. The van der Waals surface area contributed by atoms with Crippen molar-refractivity contribution >= 4 is 0 Å². The molecule has 0 aromatic heterocycles. The molecular formula is C29H31F3O. The molecule has 174 valence electrons. The number of rotatable bonds is 10. The van der Waals surface area contributed by atoms with Gasteiger partial charge in [-0.2, -0.15) is 13.2 Å². The predicted molar refractivity (Wildman–Crippen MR) is 129 cm³/mol. The standard InChI is InChI=1S/C29H31F3O/c1-2-3-4-5-6-7-12-19-33-28-25(24-15-10-11-16-27(24)29(30,31)32)18-17-23-22-14-9-8-13-21(22)20-26(23)28/h8-11,13-18H,2-7,12,19-20H2,1H3. The molecular weight excluding hydrogens is 421 g/mol. The molecule has 3 aromatic carbocycles. The molecule has 0 N–H and O–H groups in total. The fourth-order valence-electron chi connectivity index (χ4n) is 4.76. The van der Waals surface area contributed by atoms with E-state index in [1.54, 1.807) is 18.2 Å². The summed E-state index contributed by atoms with van der Waals surface area (Å²) in [5.74, 6) is 0.603. The number of unbranched alkanes of at least 4 members (excludes halogenated alkanes) is 6. The quantitative estimate of drug-likeness (QED) is 0.218. The fourth-order valence-corrected chi connectivity index (χ4v) is 4.76. The van der Waals surface area contributed by atoms with Crippen LogP contribution in [0.3, 0.4) is 0 Å². The van der Waals surface area contributed by atoms with Crippen LogP contribution >= 0.6 is 0 Å². The van der Waals surface area contributed by atoms with Crippen LogP contribution in [0.2, 0.25) is 0 Å². The van der Waals surface area contributed by atoms with Gasteiger partial charge >= 0.3 is 6.18 Å². The highest BCUT2D eigenvalue weighted by atomic mass is 19.4. The zero-order valence-electron chi connectivity index (χ0n) is 19.2. The molecule has 3 aromatic rings. The van der Waals surface area contributed by atoms with Crippen molar-refractivity contribution in [3.05, 3.63) is 77.4 Å². The third-order valence-corrected chi connectivity index (χ3v) is 6.45. The summed E-state index contributed by atoms with van der Waals surface area (Å²) in [7, 11) is 0. The van der Waals surface area contributed by atoms with E-state index in [1.807, 2.05) is 18.2 Å². The number of ether oxygens (including phenoxy) is 1. The van der Waals surface area contributed by atoms with Crippen molar-refractivity contribution < 1.29 is 17.9 Å². The lowest BCUT2D eigenvalue weighted by Crippen LogP contribution is -2.08. The molecule has 33 heavy (non-hydrogen) atoms. The number of halogens is 3. The Bertz CT molecular complexity index is 1080. The van der Waals surface area contributed by atoms with E-state index in [9.17, 15) is 13.2 Å². The summed E-state index contributed by atoms with van der Waals surface area (Å²) in [4.78, 5) is 0. The molecule has 0 spiro atoms. The molecule has 4 heteroatoms. The lowest BCUT2D eigenvalue weighted by atomic mass is 9.94. The summed E-state index contributed by atoms with van der Waals surface area (Å²) in [6, 6.07) is 17.7. The molecule has 0 saturated carbocycles. The van der Waals surface area contributed by atoms with E-state index in [0.29, 0.717) is 24.3 Å². The summed E-state index contributed by atoms with van der Waals surface area (Å²) in [6.07, 6.45) is 4.41. The Hall–Kier alpha value is -2.75. The zero-order valence-corrected chi connectivity index (χ0v) is 19.2. The summed E-state index contributed by atoms with van der Waals surface area (Å²) in [6.45, 7) is 2.72. The highest BCUT2D eigenvalue weighted by molar-refractivity contribution is 5.86. The number of fused-ring (bicyclic) bond motifs is 3. The third-order valence-electron chi connectivity index (χ3n) is 6.45. The molecule has 0 fully saturated rings. The fraction of sp³-hybridized carbons (Fsp3) is 0.379. The highest BCUT2D eigenvalue weighted by Gasteiger charge is 2.35. The first-order valence-corrected chi connectivity index (χ1v) is 12.0. The van der Waals surface area contributed by atoms with E-state index in [2.05, 4.69) is 19.1 Å². The van der Waals surface area contributed by atoms with Gasteiger partial charge in [0.1, 0.15) is 5.75 Å². The minimum absolute atomic E-state index is 0.179. The smallest absolute Gasteiger partial charge is 0.417 e. The maximum atomic E-state index is 13.8. The number of hydrogen-bond donors (Lipinski definition) is 0. The monoisotopic (exact) mass is 452 g/mol. The SMILES string of the molecule is CCCCCCCCCOc1c(-c2ccccc2C(F)(F)F)ccc2c1Cc1ccccc1-2. The van der Waals surface area contributed by atoms with Gasteiger partial charge in [0.25, 0.3) is 0 Å². The number of alkyl halides is 3. The molecule has 1 aliphatic carbocycles. The van der Waals surface area contributed by atoms with Gasteiger partial charge in [0.2, 0.25) is 0 Å². The second-order valence-corrected chi connectivity index (χ2v) is 8.82. The van der Waals surface area contributed by atoms with E-state index in [4.69, 9.17) is 4.74 Å². The lowest BCUT2D eigenvalue weighted by Gasteiger charge is -2.19. The minimum Gasteiger partial charge on any atom is -0.493 e. The van der Waals surface area contributed by atoms with Gasteiger partial charge in [0.15, 0.2) is 0 Å². The lowest BCUT2D eigenvalue weighted by molar-refractivity contribution is -0.137. The molecule has 0 unspecified atom stereocenters. The topological polar surface area (TPSA) is 9.23 Å². The first kappa shape index (κ1) is 23.4. The third kappa shape index (κ3) is 5.26. The Morgan fingerprint density at radius 2 is 1.33 bits per heavy atom. The van der Waals surface area contributed by atoms with Crippen LogP contribution in [0.15, 0.2) is 60.7 Å². The van der Waals surface area contributed by atoms with Crippen molar-refractivity contribution in [3.63, 3.8) is 0 Å². The van der Waals surface area contributed by atoms with Gasteiger partial charge in [-0.3, -0.25) is 0 Å². The zero-order chi connectivity index (χ0) is 23.3. The Morgan fingerprint density at radius 3 is 2.09 bits per heavy atom. The van der Waals surface area contributed by atoms with Crippen molar-refractivity contribution in [2.45, 2.75) is 64.5 Å². The number of hydrogen-bond acceptors (Lipinski definition) is 1. The summed E-state index contributed by atoms with van der Waals surface area (Å²) in [5.41, 5.74) is 4.47. The molecule has 0 radical (unpaired) electrons. The van der Waals surface area contributed by atoms with Crippen LogP contribution < -0.4 is 4.74 Å². The van der Waals surface area contributed by atoms with Crippen molar-refractivity contribution in [2.75, 3.05) is 6.61 Å². The normalized spacial score (nSPS) is 12.5. The van der Waals surface area contributed by atoms with E-state index >= 15 is 0 Å². The van der Waals surface area contributed by atoms with Crippen LogP contribution in [0.5, 0.6) is 5.75 Å². The highest BCUT2D eigenvalue weighted by Crippen LogP contribution is 2.48. The van der Waals surface area contributed by atoms with Crippen LogP contribution in [0.1, 0.15) is 68.6 Å². The van der Waals surface area contributed by atoms with E-state index in [1.165, 1.54) is 43.7 Å². The molecule has 0 amide bonds. The first-order valence-electron chi connectivity index (χ1n) is 12.0. The Balaban J connectivity index is 1.63. The molecule has 0 saturated heterocycles. The van der Waals surface area contributed by atoms with Gasteiger partial charge in [0, 0.05) is 17.5 Å². The van der Waals surface area contributed by atoms with Crippen molar-refractivity contribution in [1.82, 2.24) is 0 Å². The van der Waals surface area contributed by atoms with Gasteiger partial charge in [-0.05, 0) is 40.8 Å². The van der Waals surface area contributed by atoms with E-state index < -0.39 is 11.7 Å². The van der Waals surface area contributed by atoms with Crippen molar-refractivity contribution in [3.8, 4) is 28.0 Å². The predicted octanol–water partition coefficient (Wildman–Crippen LogP) is 9.07. The van der Waals surface area contributed by atoms with Crippen LogP contribution in [0, 0.1) is 0 Å². The Morgan fingerprint density at radius 1 is 0.697 bits per heavy atom. The average molecular weight is 453 g/mol. The minimum atomic E-state index is -4.42. The summed E-state index contributed by atoms with van der Waals surface area (Å²) in [5, 5.41) is 0. The van der Waals surface area contributed by atoms with Crippen LogP contribution in [-0.2, 0) is 12.6 Å². The van der Waals surface area contributed by atoms with Gasteiger partial charge in [-0.15, -0.1) is 0 Å². The van der Waals surface area contributed by atoms with E-state index in [-0.39, 0.29) is 5.56 Å². The molecule has 4 rings (SSSR count). The van der Waals surface area contributed by atoms with Crippen LogP contribution in [0.4, 0.5) is 13.2 Å². The van der Waals surface area contributed by atoms with Crippen molar-refractivity contribution in [2.24, 2.45) is 0 Å². The molecule has 0 heterocycles. The van der Waals surface area contributed by atoms with E-state index in [0.717, 1.165) is 35.6 Å². The largest absolute Gasteiger partial charge is 0.493 e. The molecule has 0 aliphatic heterocycles. The van der Waals surface area contributed by atoms with Gasteiger partial charge in [0.05, 0.1) is 12.2 Å². The Labute approximate surface area is 194 Å².